The van der Waals surface area contributed by atoms with Crippen LogP contribution in [0.15, 0.2) is 21.8 Å². The number of aryl methyl sites for hydroxylation is 1. The minimum Gasteiger partial charge on any atom is -0.359 e. The van der Waals surface area contributed by atoms with Gasteiger partial charge in [-0.2, -0.15) is 0 Å². The lowest BCUT2D eigenvalue weighted by Gasteiger charge is -2.02. The summed E-state index contributed by atoms with van der Waals surface area (Å²) in [6.45, 7) is 8.62. The van der Waals surface area contributed by atoms with Crippen LogP contribution in [0.4, 0.5) is 0 Å². The SMILES string of the molecule is CC1=N/C(=C\c2[nH]c(C)c(CCBr)c2C)C(C)=C1CCBr. The Bertz CT molecular complexity index is 633. The van der Waals surface area contributed by atoms with Crippen LogP contribution in [0.25, 0.3) is 6.08 Å². The Morgan fingerprint density at radius 1 is 1.05 bits per heavy atom. The molecule has 2 heterocycles. The number of halogens is 2. The number of allylic oxidation sites excluding steroid dienone is 2. The van der Waals surface area contributed by atoms with Crippen LogP contribution in [-0.4, -0.2) is 21.4 Å². The van der Waals surface area contributed by atoms with Gasteiger partial charge in [0.05, 0.1) is 5.70 Å². The summed E-state index contributed by atoms with van der Waals surface area (Å²) in [6.07, 6.45) is 4.29. The van der Waals surface area contributed by atoms with Gasteiger partial charge < -0.3 is 4.98 Å². The van der Waals surface area contributed by atoms with E-state index < -0.39 is 0 Å². The van der Waals surface area contributed by atoms with Crippen molar-refractivity contribution in [3.05, 3.63) is 39.4 Å². The number of alkyl halides is 2. The average Bonchev–Trinajstić information content (AvgIpc) is 2.85. The first-order chi connectivity index (χ1) is 9.99. The van der Waals surface area contributed by atoms with Crippen LogP contribution in [0.5, 0.6) is 0 Å². The van der Waals surface area contributed by atoms with Gasteiger partial charge in [-0.15, -0.1) is 0 Å². The molecule has 0 unspecified atom stereocenters. The zero-order chi connectivity index (χ0) is 15.6. The number of hydrogen-bond acceptors (Lipinski definition) is 1. The summed E-state index contributed by atoms with van der Waals surface area (Å²) in [5.41, 5.74) is 10.1. The van der Waals surface area contributed by atoms with Crippen LogP contribution in [0.2, 0.25) is 0 Å². The summed E-state index contributed by atoms with van der Waals surface area (Å²) in [6, 6.07) is 0. The fraction of sp³-hybridized carbons (Fsp3) is 0.471. The third kappa shape index (κ3) is 3.42. The molecule has 0 spiro atoms. The van der Waals surface area contributed by atoms with Crippen LogP contribution in [-0.2, 0) is 6.42 Å². The third-order valence-electron chi connectivity index (χ3n) is 4.16. The predicted molar refractivity (Wildman–Crippen MR) is 100.0 cm³/mol. The highest BCUT2D eigenvalue weighted by atomic mass is 79.9. The summed E-state index contributed by atoms with van der Waals surface area (Å²) in [4.78, 5) is 8.25. The predicted octanol–water partition coefficient (Wildman–Crippen LogP) is 5.49. The van der Waals surface area contributed by atoms with Crippen LogP contribution < -0.4 is 0 Å². The van der Waals surface area contributed by atoms with Crippen molar-refractivity contribution in [3.8, 4) is 0 Å². The van der Waals surface area contributed by atoms with Crippen LogP contribution >= 0.6 is 31.9 Å². The first-order valence-electron chi connectivity index (χ1n) is 7.27. The number of rotatable bonds is 5. The van der Waals surface area contributed by atoms with E-state index in [4.69, 9.17) is 4.99 Å². The molecule has 114 valence electrons. The summed E-state index contributed by atoms with van der Waals surface area (Å²) < 4.78 is 0. The number of nitrogens with one attached hydrogen (secondary N) is 1. The third-order valence-corrected chi connectivity index (χ3v) is 4.96. The number of aromatic nitrogens is 1. The number of hydrogen-bond donors (Lipinski definition) is 1. The molecule has 0 saturated carbocycles. The molecule has 0 bridgehead atoms. The second-order valence-corrected chi connectivity index (χ2v) is 7.06. The maximum atomic E-state index is 4.74. The molecule has 1 aromatic rings. The number of aromatic amines is 1. The van der Waals surface area contributed by atoms with Gasteiger partial charge in [-0.3, -0.25) is 4.99 Å². The van der Waals surface area contributed by atoms with Gasteiger partial charge in [0.2, 0.25) is 0 Å². The van der Waals surface area contributed by atoms with Gasteiger partial charge in [0.25, 0.3) is 0 Å². The van der Waals surface area contributed by atoms with Crippen molar-refractivity contribution < 1.29 is 0 Å². The van der Waals surface area contributed by atoms with Crippen molar-refractivity contribution in [1.29, 1.82) is 0 Å². The van der Waals surface area contributed by atoms with Crippen molar-refractivity contribution >= 4 is 43.6 Å². The fourth-order valence-corrected chi connectivity index (χ4v) is 3.72. The highest BCUT2D eigenvalue weighted by Gasteiger charge is 2.18. The largest absolute Gasteiger partial charge is 0.359 e. The van der Waals surface area contributed by atoms with E-state index in [9.17, 15) is 0 Å². The van der Waals surface area contributed by atoms with Crippen LogP contribution in [0.3, 0.4) is 0 Å². The molecule has 0 fully saturated rings. The molecule has 4 heteroatoms. The van der Waals surface area contributed by atoms with Gasteiger partial charge >= 0.3 is 0 Å². The standard InChI is InChI=1S/C17H22Br2N2/c1-10-14(5-7-18)12(3)20-16(10)9-17-11(2)15(6-8-19)13(4)21-17/h9,20H,5-8H2,1-4H3/b17-9-. The Labute approximate surface area is 144 Å². The fourth-order valence-electron chi connectivity index (χ4n) is 2.93. The summed E-state index contributed by atoms with van der Waals surface area (Å²) in [5, 5.41) is 1.98. The molecule has 1 N–H and O–H groups in total. The Morgan fingerprint density at radius 2 is 1.71 bits per heavy atom. The zero-order valence-electron chi connectivity index (χ0n) is 13.1. The molecule has 21 heavy (non-hydrogen) atoms. The average molecular weight is 414 g/mol. The van der Waals surface area contributed by atoms with Gasteiger partial charge in [0, 0.05) is 27.8 Å². The first kappa shape index (κ1) is 16.8. The summed E-state index contributed by atoms with van der Waals surface area (Å²) in [5.74, 6) is 0. The van der Waals surface area contributed by atoms with Crippen molar-refractivity contribution in [3.63, 3.8) is 0 Å². The van der Waals surface area contributed by atoms with Gasteiger partial charge in [0.1, 0.15) is 0 Å². The van der Waals surface area contributed by atoms with E-state index in [0.29, 0.717) is 0 Å². The lowest BCUT2D eigenvalue weighted by atomic mass is 10.0. The topological polar surface area (TPSA) is 28.1 Å². The zero-order valence-corrected chi connectivity index (χ0v) is 16.3. The molecule has 0 atom stereocenters. The molecule has 0 radical (unpaired) electrons. The Kier molecular flexibility index (Phi) is 5.67. The first-order valence-corrected chi connectivity index (χ1v) is 9.51. The molecule has 2 rings (SSSR count). The van der Waals surface area contributed by atoms with E-state index in [2.05, 4.69) is 70.6 Å². The molecular weight excluding hydrogens is 392 g/mol. The van der Waals surface area contributed by atoms with E-state index in [1.54, 1.807) is 0 Å². The van der Waals surface area contributed by atoms with Crippen molar-refractivity contribution in [2.45, 2.75) is 40.5 Å². The van der Waals surface area contributed by atoms with E-state index in [-0.39, 0.29) is 0 Å². The maximum Gasteiger partial charge on any atom is 0.0686 e. The van der Waals surface area contributed by atoms with Gasteiger partial charge in [0.15, 0.2) is 0 Å². The van der Waals surface area contributed by atoms with Crippen LogP contribution in [0.1, 0.15) is 42.8 Å². The highest BCUT2D eigenvalue weighted by molar-refractivity contribution is 9.09. The monoisotopic (exact) mass is 412 g/mol. The smallest absolute Gasteiger partial charge is 0.0686 e. The Balaban J connectivity index is 2.40. The second-order valence-electron chi connectivity index (χ2n) is 5.48. The van der Waals surface area contributed by atoms with Gasteiger partial charge in [-0.05, 0) is 68.9 Å². The van der Waals surface area contributed by atoms with Crippen molar-refractivity contribution in [2.24, 2.45) is 4.99 Å². The number of H-pyrrole nitrogens is 1. The molecule has 0 saturated heterocycles. The normalized spacial score (nSPS) is 17.0. The van der Waals surface area contributed by atoms with Gasteiger partial charge in [-0.25, -0.2) is 0 Å². The molecule has 1 aliphatic heterocycles. The summed E-state index contributed by atoms with van der Waals surface area (Å²) in [7, 11) is 0. The Morgan fingerprint density at radius 3 is 2.33 bits per heavy atom. The van der Waals surface area contributed by atoms with E-state index in [1.165, 1.54) is 33.7 Å². The maximum absolute atomic E-state index is 4.74. The lowest BCUT2D eigenvalue weighted by molar-refractivity contribution is 1.10. The molecule has 1 aliphatic rings. The Hall–Kier alpha value is -0.610. The highest BCUT2D eigenvalue weighted by Crippen LogP contribution is 2.30. The number of aliphatic imine (C=N–C) groups is 1. The minimum atomic E-state index is 0.982. The molecule has 2 nitrogen and oxygen atoms in total. The molecular formula is C17H22Br2N2. The summed E-state index contributed by atoms with van der Waals surface area (Å²) >= 11 is 7.06. The second kappa shape index (κ2) is 7.10. The number of nitrogens with zero attached hydrogens (tertiary/aromatic N) is 1. The van der Waals surface area contributed by atoms with E-state index in [1.807, 2.05) is 0 Å². The minimum absolute atomic E-state index is 0.982. The molecule has 0 aliphatic carbocycles. The van der Waals surface area contributed by atoms with Crippen molar-refractivity contribution in [2.75, 3.05) is 10.7 Å². The van der Waals surface area contributed by atoms with Crippen molar-refractivity contribution in [1.82, 2.24) is 4.98 Å². The van der Waals surface area contributed by atoms with E-state index in [0.717, 1.165) is 34.9 Å². The molecule has 0 aromatic carbocycles. The molecule has 1 aromatic heterocycles. The van der Waals surface area contributed by atoms with Gasteiger partial charge in [-0.1, -0.05) is 31.9 Å². The molecule has 0 amide bonds. The quantitative estimate of drug-likeness (QED) is 0.618. The van der Waals surface area contributed by atoms with E-state index >= 15 is 0 Å². The van der Waals surface area contributed by atoms with Crippen LogP contribution in [0, 0.1) is 13.8 Å². The lowest BCUT2D eigenvalue weighted by Crippen LogP contribution is -1.95.